The molecule has 3 heterocycles. The number of hydrogen-bond donors (Lipinski definition) is 0. The van der Waals surface area contributed by atoms with E-state index in [4.69, 9.17) is 21.7 Å². The molecule has 4 rings (SSSR count). The number of benzene rings is 1. The summed E-state index contributed by atoms with van der Waals surface area (Å²) >= 11 is 6.36. The van der Waals surface area contributed by atoms with Gasteiger partial charge in [0.1, 0.15) is 11.6 Å². The van der Waals surface area contributed by atoms with Crippen LogP contribution >= 0.6 is 11.6 Å². The fourth-order valence-corrected chi connectivity index (χ4v) is 3.43. The first kappa shape index (κ1) is 14.5. The highest BCUT2D eigenvalue weighted by atomic mass is 35.5. The molecule has 0 radical (unpaired) electrons. The third-order valence-corrected chi connectivity index (χ3v) is 4.60. The van der Waals surface area contributed by atoms with Gasteiger partial charge in [-0.2, -0.15) is 5.10 Å². The summed E-state index contributed by atoms with van der Waals surface area (Å²) in [5.74, 6) is 1.76. The minimum atomic E-state index is 0.663. The summed E-state index contributed by atoms with van der Waals surface area (Å²) in [5, 5.41) is 6.39. The first-order chi connectivity index (χ1) is 11.1. The van der Waals surface area contributed by atoms with Crippen LogP contribution in [0.3, 0.4) is 0 Å². The number of anilines is 1. The van der Waals surface area contributed by atoms with Crippen LogP contribution in [0, 0.1) is 13.8 Å². The maximum absolute atomic E-state index is 6.36. The zero-order valence-electron chi connectivity index (χ0n) is 13.3. The van der Waals surface area contributed by atoms with Gasteiger partial charge in [0.25, 0.3) is 0 Å². The monoisotopic (exact) mass is 327 g/mol. The third-order valence-electron chi connectivity index (χ3n) is 4.28. The molecule has 0 bridgehead atoms. The Morgan fingerprint density at radius 2 is 1.78 bits per heavy atom. The Kier molecular flexibility index (Phi) is 3.45. The molecule has 0 aliphatic carbocycles. The van der Waals surface area contributed by atoms with Crippen molar-refractivity contribution >= 4 is 28.5 Å². The lowest BCUT2D eigenvalue weighted by molar-refractivity contribution is 0.870. The molecular formula is C17H18ClN5. The summed E-state index contributed by atoms with van der Waals surface area (Å²) in [6, 6.07) is 7.70. The number of nitrogens with zero attached hydrogens (tertiary/aromatic N) is 5. The molecule has 1 aromatic carbocycles. The van der Waals surface area contributed by atoms with Crippen LogP contribution in [0.25, 0.3) is 16.7 Å². The van der Waals surface area contributed by atoms with Gasteiger partial charge in [0.15, 0.2) is 5.65 Å². The van der Waals surface area contributed by atoms with Crippen LogP contribution in [0.1, 0.15) is 24.4 Å². The van der Waals surface area contributed by atoms with E-state index in [9.17, 15) is 0 Å². The highest BCUT2D eigenvalue weighted by Crippen LogP contribution is 2.32. The predicted octanol–water partition coefficient (Wildman–Crippen LogP) is 3.69. The standard InChI is InChI=1S/C17H18ClN5/c1-11-15-16(22-9-5-6-10-22)19-12(2)20-17(15)23(21-11)14-8-4-3-7-13(14)18/h3-4,7-8H,5-6,9-10H2,1-2H3. The normalized spacial score (nSPS) is 14.8. The zero-order valence-corrected chi connectivity index (χ0v) is 14.0. The van der Waals surface area contributed by atoms with Crippen molar-refractivity contribution in [2.75, 3.05) is 18.0 Å². The summed E-state index contributed by atoms with van der Waals surface area (Å²) < 4.78 is 1.83. The molecule has 1 fully saturated rings. The molecule has 5 nitrogen and oxygen atoms in total. The van der Waals surface area contributed by atoms with Crippen LogP contribution in [0.4, 0.5) is 5.82 Å². The second-order valence-electron chi connectivity index (χ2n) is 5.94. The van der Waals surface area contributed by atoms with E-state index in [0.29, 0.717) is 5.02 Å². The summed E-state index contributed by atoms with van der Waals surface area (Å²) in [7, 11) is 0. The summed E-state index contributed by atoms with van der Waals surface area (Å²) in [5.41, 5.74) is 2.60. The van der Waals surface area contributed by atoms with Crippen molar-refractivity contribution in [3.8, 4) is 5.69 Å². The van der Waals surface area contributed by atoms with Crippen molar-refractivity contribution in [3.05, 3.63) is 40.8 Å². The molecule has 23 heavy (non-hydrogen) atoms. The Hall–Kier alpha value is -2.14. The topological polar surface area (TPSA) is 46.8 Å². The Morgan fingerprint density at radius 1 is 1.04 bits per heavy atom. The summed E-state index contributed by atoms with van der Waals surface area (Å²) in [6.07, 6.45) is 2.42. The van der Waals surface area contributed by atoms with E-state index in [1.165, 1.54) is 12.8 Å². The van der Waals surface area contributed by atoms with Crippen LogP contribution in [0.15, 0.2) is 24.3 Å². The molecule has 118 valence electrons. The van der Waals surface area contributed by atoms with E-state index in [1.807, 2.05) is 42.8 Å². The van der Waals surface area contributed by atoms with Crippen molar-refractivity contribution < 1.29 is 0 Å². The van der Waals surface area contributed by atoms with E-state index < -0.39 is 0 Å². The Morgan fingerprint density at radius 3 is 2.52 bits per heavy atom. The molecule has 1 saturated heterocycles. The fraction of sp³-hybridized carbons (Fsp3) is 0.353. The molecule has 1 aliphatic heterocycles. The Labute approximate surface area is 139 Å². The van der Waals surface area contributed by atoms with Gasteiger partial charge in [0.05, 0.1) is 21.8 Å². The second kappa shape index (κ2) is 5.49. The van der Waals surface area contributed by atoms with Gasteiger partial charge in [-0.15, -0.1) is 0 Å². The smallest absolute Gasteiger partial charge is 0.169 e. The van der Waals surface area contributed by atoms with Gasteiger partial charge in [-0.1, -0.05) is 23.7 Å². The molecule has 3 aromatic rings. The van der Waals surface area contributed by atoms with Gasteiger partial charge in [-0.05, 0) is 38.8 Å². The summed E-state index contributed by atoms with van der Waals surface area (Å²) in [4.78, 5) is 11.7. The van der Waals surface area contributed by atoms with Crippen molar-refractivity contribution in [2.24, 2.45) is 0 Å². The van der Waals surface area contributed by atoms with Crippen molar-refractivity contribution in [3.63, 3.8) is 0 Å². The number of para-hydroxylation sites is 1. The van der Waals surface area contributed by atoms with Gasteiger partial charge in [0, 0.05) is 13.1 Å². The lowest BCUT2D eigenvalue weighted by Crippen LogP contribution is -2.20. The predicted molar refractivity (Wildman–Crippen MR) is 92.6 cm³/mol. The fourth-order valence-electron chi connectivity index (χ4n) is 3.22. The molecule has 0 amide bonds. The molecule has 0 atom stereocenters. The zero-order chi connectivity index (χ0) is 16.0. The minimum Gasteiger partial charge on any atom is -0.356 e. The maximum atomic E-state index is 6.36. The Bertz CT molecular complexity index is 880. The van der Waals surface area contributed by atoms with Crippen molar-refractivity contribution in [2.45, 2.75) is 26.7 Å². The average molecular weight is 328 g/mol. The molecule has 1 aliphatic rings. The highest BCUT2D eigenvalue weighted by Gasteiger charge is 2.22. The number of rotatable bonds is 2. The van der Waals surface area contributed by atoms with E-state index in [0.717, 1.165) is 47.1 Å². The average Bonchev–Trinajstić information content (AvgIpc) is 3.16. The molecule has 0 saturated carbocycles. The van der Waals surface area contributed by atoms with E-state index >= 15 is 0 Å². The highest BCUT2D eigenvalue weighted by molar-refractivity contribution is 6.32. The van der Waals surface area contributed by atoms with Gasteiger partial charge in [-0.3, -0.25) is 0 Å². The van der Waals surface area contributed by atoms with E-state index in [2.05, 4.69) is 9.88 Å². The molecule has 6 heteroatoms. The first-order valence-electron chi connectivity index (χ1n) is 7.89. The van der Waals surface area contributed by atoms with E-state index in [1.54, 1.807) is 0 Å². The van der Waals surface area contributed by atoms with Crippen LogP contribution in [-0.2, 0) is 0 Å². The molecule has 0 unspecified atom stereocenters. The van der Waals surface area contributed by atoms with Crippen LogP contribution in [-0.4, -0.2) is 32.8 Å². The largest absolute Gasteiger partial charge is 0.356 e. The molecular weight excluding hydrogens is 310 g/mol. The number of fused-ring (bicyclic) bond motifs is 1. The Balaban J connectivity index is 2.00. The lowest BCUT2D eigenvalue weighted by atomic mass is 10.2. The van der Waals surface area contributed by atoms with Gasteiger partial charge in [0.2, 0.25) is 0 Å². The van der Waals surface area contributed by atoms with Crippen LogP contribution in [0.2, 0.25) is 5.02 Å². The van der Waals surface area contributed by atoms with Gasteiger partial charge >= 0.3 is 0 Å². The van der Waals surface area contributed by atoms with Gasteiger partial charge in [-0.25, -0.2) is 14.6 Å². The maximum Gasteiger partial charge on any atom is 0.169 e. The summed E-state index contributed by atoms with van der Waals surface area (Å²) in [6.45, 7) is 6.02. The molecule has 2 aromatic heterocycles. The first-order valence-corrected chi connectivity index (χ1v) is 8.27. The molecule has 0 spiro atoms. The van der Waals surface area contributed by atoms with Crippen LogP contribution < -0.4 is 4.90 Å². The van der Waals surface area contributed by atoms with Crippen LogP contribution in [0.5, 0.6) is 0 Å². The minimum absolute atomic E-state index is 0.663. The number of hydrogen-bond acceptors (Lipinski definition) is 4. The number of aromatic nitrogens is 4. The lowest BCUT2D eigenvalue weighted by Gasteiger charge is -2.17. The SMILES string of the molecule is Cc1nc(N2CCCC2)c2c(C)nn(-c3ccccc3Cl)c2n1. The molecule has 0 N–H and O–H groups in total. The number of halogens is 1. The quantitative estimate of drug-likeness (QED) is 0.720. The van der Waals surface area contributed by atoms with E-state index in [-0.39, 0.29) is 0 Å². The van der Waals surface area contributed by atoms with Crippen molar-refractivity contribution in [1.82, 2.24) is 19.7 Å². The third kappa shape index (κ3) is 2.36. The van der Waals surface area contributed by atoms with Gasteiger partial charge < -0.3 is 4.90 Å². The van der Waals surface area contributed by atoms with Crippen molar-refractivity contribution in [1.29, 1.82) is 0 Å². The number of aryl methyl sites for hydroxylation is 2. The second-order valence-corrected chi connectivity index (χ2v) is 6.34.